The fraction of sp³-hybridized carbons (Fsp3) is 0.125. The van der Waals surface area contributed by atoms with Crippen molar-refractivity contribution in [2.24, 2.45) is 0 Å². The van der Waals surface area contributed by atoms with Gasteiger partial charge in [0.05, 0.1) is 0 Å². The topological polar surface area (TPSA) is 105 Å². The van der Waals surface area contributed by atoms with Gasteiger partial charge in [0.2, 0.25) is 11.5 Å². The Bertz CT molecular complexity index is 373. The summed E-state index contributed by atoms with van der Waals surface area (Å²) in [4.78, 5) is 0. The van der Waals surface area contributed by atoms with Crippen LogP contribution >= 0.6 is 0 Å². The third-order valence-corrected chi connectivity index (χ3v) is 1.63. The number of rotatable bonds is 1. The van der Waals surface area contributed by atoms with Crippen molar-refractivity contribution in [3.8, 4) is 23.0 Å². The number of aromatic hydroxyl groups is 4. The average Bonchev–Trinajstić information content (AvgIpc) is 2.07. The molecule has 0 saturated heterocycles. The zero-order valence-corrected chi connectivity index (χ0v) is 6.87. The summed E-state index contributed by atoms with van der Waals surface area (Å²) in [6, 6.07) is 1.01. The van der Waals surface area contributed by atoms with Gasteiger partial charge >= 0.3 is 0 Å². The van der Waals surface area contributed by atoms with Gasteiger partial charge in [-0.15, -0.1) is 0 Å². The highest BCUT2D eigenvalue weighted by Crippen LogP contribution is 2.43. The van der Waals surface area contributed by atoms with Gasteiger partial charge in [-0.3, -0.25) is 0 Å². The van der Waals surface area contributed by atoms with Gasteiger partial charge in [0.1, 0.15) is 0 Å². The van der Waals surface area contributed by atoms with Crippen LogP contribution in [0.25, 0.3) is 0 Å². The van der Waals surface area contributed by atoms with E-state index in [0.29, 0.717) is 0 Å². The third kappa shape index (κ3) is 1.35. The zero-order chi connectivity index (χ0) is 10.2. The molecule has 5 heteroatoms. The van der Waals surface area contributed by atoms with E-state index in [1.807, 2.05) is 0 Å². The molecule has 70 valence electrons. The Morgan fingerprint density at radius 1 is 1.08 bits per heavy atom. The van der Waals surface area contributed by atoms with Crippen LogP contribution in [0.3, 0.4) is 0 Å². The van der Waals surface area contributed by atoms with Gasteiger partial charge in [-0.1, -0.05) is 0 Å². The highest BCUT2D eigenvalue weighted by Gasteiger charge is 2.16. The fourth-order valence-corrected chi connectivity index (χ4v) is 0.920. The molecule has 0 spiro atoms. The van der Waals surface area contributed by atoms with Gasteiger partial charge in [-0.05, 0) is 13.0 Å². The Morgan fingerprint density at radius 2 is 1.62 bits per heavy atom. The maximum absolute atomic E-state index is 9.21. The smallest absolute Gasteiger partial charge is 0.204 e. The second kappa shape index (κ2) is 2.85. The normalized spacial score (nSPS) is 9.92. The van der Waals surface area contributed by atoms with Gasteiger partial charge < -0.3 is 25.8 Å². The molecule has 0 atom stereocenters. The number of phenolic OH excluding ortho intramolecular Hbond substituents is 4. The number of nitrogens with one attached hydrogen (secondary N) is 1. The number of hydrogen-bond acceptors (Lipinski definition) is 5. The van der Waals surface area contributed by atoms with Crippen LogP contribution in [0, 0.1) is 5.41 Å². The summed E-state index contributed by atoms with van der Waals surface area (Å²) in [7, 11) is 0. The van der Waals surface area contributed by atoms with Crippen molar-refractivity contribution in [3.05, 3.63) is 11.6 Å². The summed E-state index contributed by atoms with van der Waals surface area (Å²) in [5, 5.41) is 43.4. The van der Waals surface area contributed by atoms with E-state index < -0.39 is 23.0 Å². The first-order chi connectivity index (χ1) is 5.95. The monoisotopic (exact) mass is 183 g/mol. The first-order valence-electron chi connectivity index (χ1n) is 3.47. The van der Waals surface area contributed by atoms with Crippen LogP contribution in [-0.2, 0) is 0 Å². The molecule has 0 bridgehead atoms. The molecule has 0 aliphatic rings. The molecule has 0 aliphatic heterocycles. The molecule has 13 heavy (non-hydrogen) atoms. The zero-order valence-electron chi connectivity index (χ0n) is 6.87. The first kappa shape index (κ1) is 9.18. The summed E-state index contributed by atoms with van der Waals surface area (Å²) >= 11 is 0. The lowest BCUT2D eigenvalue weighted by Gasteiger charge is -2.07. The molecule has 0 unspecified atom stereocenters. The summed E-state index contributed by atoms with van der Waals surface area (Å²) in [6.45, 7) is 1.38. The third-order valence-electron chi connectivity index (χ3n) is 1.63. The van der Waals surface area contributed by atoms with Crippen LogP contribution in [0.15, 0.2) is 6.07 Å². The summed E-state index contributed by atoms with van der Waals surface area (Å²) < 4.78 is 0. The largest absolute Gasteiger partial charge is 0.504 e. The predicted molar refractivity (Wildman–Crippen MR) is 45.6 cm³/mol. The van der Waals surface area contributed by atoms with Gasteiger partial charge in [0, 0.05) is 11.3 Å². The Balaban J connectivity index is 3.50. The molecule has 1 rings (SSSR count). The lowest BCUT2D eigenvalue weighted by Crippen LogP contribution is -1.92. The van der Waals surface area contributed by atoms with Crippen LogP contribution in [0.4, 0.5) is 0 Å². The molecule has 0 amide bonds. The molecule has 0 aliphatic carbocycles. The van der Waals surface area contributed by atoms with Crippen molar-refractivity contribution < 1.29 is 20.4 Å². The highest BCUT2D eigenvalue weighted by molar-refractivity contribution is 6.00. The standard InChI is InChI=1S/C8H9NO4/c1-3(9)4-2-5(10)7(12)8(13)6(4)11/h2,9-13H,1H3. The maximum atomic E-state index is 9.21. The number of benzene rings is 1. The predicted octanol–water partition coefficient (Wildman–Crippen LogP) is 0.897. The second-order valence-electron chi connectivity index (χ2n) is 2.61. The molecule has 0 heterocycles. The fourth-order valence-electron chi connectivity index (χ4n) is 0.920. The van der Waals surface area contributed by atoms with Crippen molar-refractivity contribution >= 4 is 5.71 Å². The Hall–Kier alpha value is -1.91. The Labute approximate surface area is 74.0 Å². The lowest BCUT2D eigenvalue weighted by molar-refractivity contribution is 0.345. The summed E-state index contributed by atoms with van der Waals surface area (Å²) in [6.07, 6.45) is 0. The Morgan fingerprint density at radius 3 is 2.08 bits per heavy atom. The minimum absolute atomic E-state index is 0.0206. The van der Waals surface area contributed by atoms with E-state index in [1.54, 1.807) is 0 Å². The van der Waals surface area contributed by atoms with Crippen LogP contribution in [0.2, 0.25) is 0 Å². The molecule has 1 aromatic carbocycles. The Kier molecular flexibility index (Phi) is 2.02. The van der Waals surface area contributed by atoms with Gasteiger partial charge in [-0.2, -0.15) is 0 Å². The van der Waals surface area contributed by atoms with Gasteiger partial charge in [0.25, 0.3) is 0 Å². The van der Waals surface area contributed by atoms with Gasteiger partial charge in [-0.25, -0.2) is 0 Å². The van der Waals surface area contributed by atoms with E-state index in [4.69, 9.17) is 20.7 Å². The van der Waals surface area contributed by atoms with Crippen molar-refractivity contribution in [2.45, 2.75) is 6.92 Å². The van der Waals surface area contributed by atoms with Crippen molar-refractivity contribution in [1.82, 2.24) is 0 Å². The summed E-state index contributed by atoms with van der Waals surface area (Å²) in [5.41, 5.74) is -0.0455. The van der Waals surface area contributed by atoms with Crippen molar-refractivity contribution in [1.29, 1.82) is 5.41 Å². The molecule has 1 aromatic rings. The minimum Gasteiger partial charge on any atom is -0.504 e. The first-order valence-corrected chi connectivity index (χ1v) is 3.47. The van der Waals surface area contributed by atoms with E-state index >= 15 is 0 Å². The summed E-state index contributed by atoms with van der Waals surface area (Å²) in [5.74, 6) is -2.79. The molecule has 0 radical (unpaired) electrons. The average molecular weight is 183 g/mol. The van der Waals surface area contributed by atoms with E-state index in [2.05, 4.69) is 0 Å². The van der Waals surface area contributed by atoms with Crippen molar-refractivity contribution in [2.75, 3.05) is 0 Å². The van der Waals surface area contributed by atoms with E-state index in [0.717, 1.165) is 6.07 Å². The molecule has 5 nitrogen and oxygen atoms in total. The van der Waals surface area contributed by atoms with E-state index in [-0.39, 0.29) is 11.3 Å². The SMILES string of the molecule is CC(=N)c1cc(O)c(O)c(O)c1O. The molecule has 5 N–H and O–H groups in total. The molecule has 0 saturated carbocycles. The van der Waals surface area contributed by atoms with Crippen LogP contribution in [-0.4, -0.2) is 26.1 Å². The van der Waals surface area contributed by atoms with Crippen LogP contribution in [0.5, 0.6) is 23.0 Å². The minimum atomic E-state index is -0.818. The van der Waals surface area contributed by atoms with E-state index in [1.165, 1.54) is 6.92 Å². The quantitative estimate of drug-likeness (QED) is 0.253. The van der Waals surface area contributed by atoms with E-state index in [9.17, 15) is 5.11 Å². The second-order valence-corrected chi connectivity index (χ2v) is 2.61. The highest BCUT2D eigenvalue weighted by atomic mass is 16.3. The molecule has 0 fully saturated rings. The van der Waals surface area contributed by atoms with Crippen LogP contribution < -0.4 is 0 Å². The lowest BCUT2D eigenvalue weighted by atomic mass is 10.1. The maximum Gasteiger partial charge on any atom is 0.204 e. The molecular formula is C8H9NO4. The number of hydrogen-bond donors (Lipinski definition) is 5. The molecule has 0 aromatic heterocycles. The van der Waals surface area contributed by atoms with Gasteiger partial charge in [0.15, 0.2) is 11.5 Å². The van der Waals surface area contributed by atoms with Crippen molar-refractivity contribution in [3.63, 3.8) is 0 Å². The van der Waals surface area contributed by atoms with Crippen LogP contribution in [0.1, 0.15) is 12.5 Å². The number of phenols is 4. The molecular weight excluding hydrogens is 174 g/mol.